The van der Waals surface area contributed by atoms with Crippen molar-refractivity contribution in [2.24, 2.45) is 5.41 Å². The highest BCUT2D eigenvalue weighted by molar-refractivity contribution is 9.10. The minimum atomic E-state index is -0.230. The van der Waals surface area contributed by atoms with Crippen LogP contribution in [0.25, 0.3) is 0 Å². The molecule has 1 heterocycles. The molecule has 1 aromatic rings. The number of aliphatic hydroxyl groups excluding tert-OH is 1. The van der Waals surface area contributed by atoms with Gasteiger partial charge in [-0.1, -0.05) is 29.8 Å². The van der Waals surface area contributed by atoms with Gasteiger partial charge in [0.05, 0.1) is 7.11 Å². The molecule has 1 fully saturated rings. The highest BCUT2D eigenvalue weighted by Crippen LogP contribution is 2.42. The molecule has 0 aromatic heterocycles. The molecule has 0 radical (unpaired) electrons. The Balaban J connectivity index is 0.00000242. The smallest absolute Gasteiger partial charge is 0.119 e. The van der Waals surface area contributed by atoms with Crippen molar-refractivity contribution in [3.05, 3.63) is 28.2 Å². The van der Waals surface area contributed by atoms with E-state index in [2.05, 4.69) is 46.1 Å². The van der Waals surface area contributed by atoms with Gasteiger partial charge in [0.25, 0.3) is 0 Å². The monoisotopic (exact) mass is 392 g/mol. The van der Waals surface area contributed by atoms with Crippen LogP contribution in [0.3, 0.4) is 0 Å². The Morgan fingerprint density at radius 1 is 1.36 bits per heavy atom. The molecule has 1 aliphatic rings. The molecule has 6 heteroatoms. The number of ether oxygens (including phenoxy) is 1. The maximum atomic E-state index is 9.88. The van der Waals surface area contributed by atoms with E-state index in [4.69, 9.17) is 4.74 Å². The van der Waals surface area contributed by atoms with Gasteiger partial charge in [-0.25, -0.2) is 0 Å². The molecule has 126 valence electrons. The fraction of sp³-hybridized carbons (Fsp3) is 0.625. The number of piperazine rings is 1. The van der Waals surface area contributed by atoms with Crippen molar-refractivity contribution in [3.8, 4) is 5.75 Å². The average Bonchev–Trinajstić information content (AvgIpc) is 2.50. The van der Waals surface area contributed by atoms with Crippen LogP contribution in [-0.4, -0.2) is 49.9 Å². The van der Waals surface area contributed by atoms with E-state index in [0.29, 0.717) is 0 Å². The summed E-state index contributed by atoms with van der Waals surface area (Å²) in [5.41, 5.74) is 0.946. The van der Waals surface area contributed by atoms with Crippen LogP contribution in [0.2, 0.25) is 0 Å². The number of hydrogen-bond acceptors (Lipinski definition) is 4. The summed E-state index contributed by atoms with van der Waals surface area (Å²) in [7, 11) is 1.68. The largest absolute Gasteiger partial charge is 0.497 e. The third kappa shape index (κ3) is 4.36. The van der Waals surface area contributed by atoms with Crippen molar-refractivity contribution < 1.29 is 9.84 Å². The van der Waals surface area contributed by atoms with Gasteiger partial charge in [0.2, 0.25) is 0 Å². The second-order valence-corrected chi connectivity index (χ2v) is 7.08. The number of nitrogens with zero attached hydrogens (tertiary/aromatic N) is 1. The van der Waals surface area contributed by atoms with Crippen molar-refractivity contribution in [3.63, 3.8) is 0 Å². The lowest BCUT2D eigenvalue weighted by molar-refractivity contribution is 0.0300. The Bertz CT molecular complexity index is 479. The molecular formula is C16H26BrClN2O2. The van der Waals surface area contributed by atoms with Crippen LogP contribution in [0.5, 0.6) is 5.75 Å². The van der Waals surface area contributed by atoms with Crippen LogP contribution in [0.15, 0.2) is 22.7 Å². The molecular weight excluding hydrogens is 368 g/mol. The van der Waals surface area contributed by atoms with Crippen molar-refractivity contribution in [2.75, 3.05) is 39.9 Å². The maximum absolute atomic E-state index is 9.88. The summed E-state index contributed by atoms with van der Waals surface area (Å²) >= 11 is 3.67. The molecule has 0 saturated carbocycles. The Hall–Kier alpha value is -0.330. The summed E-state index contributed by atoms with van der Waals surface area (Å²) in [6.07, 6.45) is 0. The highest BCUT2D eigenvalue weighted by Gasteiger charge is 2.36. The summed E-state index contributed by atoms with van der Waals surface area (Å²) in [6.45, 7) is 8.32. The molecule has 1 atom stereocenters. The Morgan fingerprint density at radius 2 is 2.00 bits per heavy atom. The number of aliphatic hydroxyl groups is 1. The number of hydrogen-bond donors (Lipinski definition) is 2. The average molecular weight is 394 g/mol. The Morgan fingerprint density at radius 3 is 2.55 bits per heavy atom. The zero-order valence-corrected chi connectivity index (χ0v) is 15.8. The summed E-state index contributed by atoms with van der Waals surface area (Å²) in [4.78, 5) is 2.45. The molecule has 0 bridgehead atoms. The van der Waals surface area contributed by atoms with Crippen molar-refractivity contribution in [1.29, 1.82) is 0 Å². The molecule has 4 nitrogen and oxygen atoms in total. The lowest BCUT2D eigenvalue weighted by Gasteiger charge is -2.44. The second-order valence-electron chi connectivity index (χ2n) is 6.22. The van der Waals surface area contributed by atoms with Crippen LogP contribution in [0.1, 0.15) is 25.5 Å². The normalized spacial score (nSPS) is 17.7. The molecule has 1 saturated heterocycles. The number of rotatable bonds is 5. The van der Waals surface area contributed by atoms with E-state index in [9.17, 15) is 5.11 Å². The van der Waals surface area contributed by atoms with E-state index >= 15 is 0 Å². The highest BCUT2D eigenvalue weighted by atomic mass is 79.9. The van der Waals surface area contributed by atoms with Crippen molar-refractivity contribution in [1.82, 2.24) is 10.2 Å². The van der Waals surface area contributed by atoms with Gasteiger partial charge in [-0.05, 0) is 23.8 Å². The van der Waals surface area contributed by atoms with Gasteiger partial charge in [-0.2, -0.15) is 0 Å². The number of methoxy groups -OCH3 is 1. The molecule has 2 rings (SSSR count). The van der Waals surface area contributed by atoms with E-state index in [-0.39, 0.29) is 30.5 Å². The molecule has 2 N–H and O–H groups in total. The third-order valence-electron chi connectivity index (χ3n) is 4.16. The first kappa shape index (κ1) is 19.7. The van der Waals surface area contributed by atoms with E-state index in [1.807, 2.05) is 12.1 Å². The minimum absolute atomic E-state index is 0. The summed E-state index contributed by atoms with van der Waals surface area (Å²) in [6, 6.07) is 6.20. The van der Waals surface area contributed by atoms with Gasteiger partial charge in [0.1, 0.15) is 5.75 Å². The fourth-order valence-corrected chi connectivity index (χ4v) is 3.46. The Kier molecular flexibility index (Phi) is 7.62. The first-order valence-corrected chi connectivity index (χ1v) is 8.18. The first-order valence-electron chi connectivity index (χ1n) is 7.38. The lowest BCUT2D eigenvalue weighted by Crippen LogP contribution is -2.49. The van der Waals surface area contributed by atoms with Crippen LogP contribution in [0.4, 0.5) is 0 Å². The third-order valence-corrected chi connectivity index (χ3v) is 4.88. The van der Waals surface area contributed by atoms with Crippen LogP contribution >= 0.6 is 28.3 Å². The predicted octanol–water partition coefficient (Wildman–Crippen LogP) is 2.84. The Labute approximate surface area is 147 Å². The molecule has 1 aliphatic heterocycles. The summed E-state index contributed by atoms with van der Waals surface area (Å²) in [5, 5.41) is 13.3. The van der Waals surface area contributed by atoms with Gasteiger partial charge in [-0.3, -0.25) is 4.90 Å². The van der Waals surface area contributed by atoms with Crippen molar-refractivity contribution >= 4 is 28.3 Å². The van der Waals surface area contributed by atoms with Gasteiger partial charge < -0.3 is 15.2 Å². The van der Waals surface area contributed by atoms with Crippen LogP contribution in [0, 0.1) is 5.41 Å². The van der Waals surface area contributed by atoms with Crippen LogP contribution < -0.4 is 10.1 Å². The number of halogens is 2. The van der Waals surface area contributed by atoms with Gasteiger partial charge in [-0.15, -0.1) is 12.4 Å². The SMILES string of the molecule is COc1ccc(Br)c([C@@H](N2CCNCC2)C(C)(C)CO)c1.Cl. The quantitative estimate of drug-likeness (QED) is 0.807. The minimum Gasteiger partial charge on any atom is -0.497 e. The lowest BCUT2D eigenvalue weighted by atomic mass is 9.79. The molecule has 1 aromatic carbocycles. The summed E-state index contributed by atoms with van der Waals surface area (Å²) in [5.74, 6) is 0.849. The van der Waals surface area contributed by atoms with Crippen LogP contribution in [-0.2, 0) is 0 Å². The molecule has 0 aliphatic carbocycles. The summed E-state index contributed by atoms with van der Waals surface area (Å²) < 4.78 is 6.44. The number of nitrogens with one attached hydrogen (secondary N) is 1. The van der Waals surface area contributed by atoms with Gasteiger partial charge in [0.15, 0.2) is 0 Å². The van der Waals surface area contributed by atoms with E-state index in [1.165, 1.54) is 5.56 Å². The zero-order chi connectivity index (χ0) is 15.5. The number of benzene rings is 1. The first-order chi connectivity index (χ1) is 9.99. The second kappa shape index (κ2) is 8.50. The molecule has 0 spiro atoms. The molecule has 0 amide bonds. The topological polar surface area (TPSA) is 44.7 Å². The van der Waals surface area contributed by atoms with Gasteiger partial charge >= 0.3 is 0 Å². The predicted molar refractivity (Wildman–Crippen MR) is 96.0 cm³/mol. The van der Waals surface area contributed by atoms with E-state index in [0.717, 1.165) is 36.4 Å². The fourth-order valence-electron chi connectivity index (χ4n) is 3.00. The zero-order valence-electron chi connectivity index (χ0n) is 13.4. The van der Waals surface area contributed by atoms with Crippen molar-refractivity contribution in [2.45, 2.75) is 19.9 Å². The van der Waals surface area contributed by atoms with E-state index in [1.54, 1.807) is 7.11 Å². The standard InChI is InChI=1S/C16H25BrN2O2.ClH/c1-16(2,11-20)15(19-8-6-18-7-9-19)13-10-12(21-3)4-5-14(13)17;/h4-5,10,15,18,20H,6-9,11H2,1-3H3;1H/t15-;/m1./s1. The van der Waals surface area contributed by atoms with E-state index < -0.39 is 0 Å². The molecule has 22 heavy (non-hydrogen) atoms. The molecule has 0 unspecified atom stereocenters. The van der Waals surface area contributed by atoms with Gasteiger partial charge in [0, 0.05) is 48.7 Å². The maximum Gasteiger partial charge on any atom is 0.119 e.